The number of aliphatic hydroxyl groups is 1. The quantitative estimate of drug-likeness (QED) is 0.0652. The summed E-state index contributed by atoms with van der Waals surface area (Å²) in [5.41, 5.74) is 4.03. The molecule has 1 unspecified atom stereocenters. The van der Waals surface area contributed by atoms with Crippen LogP contribution in [-0.4, -0.2) is 146 Å². The van der Waals surface area contributed by atoms with Gasteiger partial charge in [0.15, 0.2) is 5.67 Å². The number of halogens is 2. The van der Waals surface area contributed by atoms with Crippen LogP contribution < -0.4 is 26.0 Å². The highest BCUT2D eigenvalue weighted by Crippen LogP contribution is 2.43. The number of nitrogens with zero attached hydrogens (tertiary/aromatic N) is 6. The standard InChI is InChI=1S/C50H64ClFN10O6S2/c1-31-40(69-30-56-31)33-9-7-32(8-10-33)27-54-43(64)38-26-35(63)29-62(38)45(66)41(58-46(67)50(52)13-14-50)48(2,3)70-24-6-19-60-20-15-49(16-21-60)17-22-61(23-18-49)44(65)34-11-12-37(39(25-34)68-5)57-47-55-28-36(51)42(53-4)59-47/h7-12,25,28,30,35,38,41,63H,6,13-24,26-27,29H2,1-5H3,(H,54,64)(H,58,67)(H2,53,55,57,59)/t35-,38+,41?/m1/s1. The average Bonchev–Trinajstić information content (AvgIpc) is 3.77. The molecule has 4 aromatic rings. The maximum Gasteiger partial charge on any atom is 0.258 e. The number of aromatic nitrogens is 3. The van der Waals surface area contributed by atoms with Crippen molar-refractivity contribution in [3.63, 3.8) is 0 Å². The summed E-state index contributed by atoms with van der Waals surface area (Å²) in [6, 6.07) is 11.1. The molecule has 16 nitrogen and oxygen atoms in total. The molecule has 376 valence electrons. The Labute approximate surface area is 422 Å². The van der Waals surface area contributed by atoms with E-state index in [4.69, 9.17) is 16.3 Å². The molecular weight excluding hydrogens is 955 g/mol. The van der Waals surface area contributed by atoms with Crippen molar-refractivity contribution in [3.8, 4) is 16.2 Å². The maximum absolute atomic E-state index is 15.1. The summed E-state index contributed by atoms with van der Waals surface area (Å²) in [7, 11) is 3.28. The molecule has 0 radical (unpaired) electrons. The number of rotatable bonds is 18. The highest BCUT2D eigenvalue weighted by molar-refractivity contribution is 8.00. The van der Waals surface area contributed by atoms with Gasteiger partial charge in [-0.3, -0.25) is 19.2 Å². The minimum absolute atomic E-state index is 0.0300. The number of methoxy groups -OCH3 is 1. The van der Waals surface area contributed by atoms with E-state index in [1.807, 2.05) is 55.4 Å². The fourth-order valence-electron chi connectivity index (χ4n) is 9.74. The number of anilines is 3. The van der Waals surface area contributed by atoms with E-state index in [1.54, 1.807) is 55.5 Å². The molecule has 1 aliphatic carbocycles. The Morgan fingerprint density at radius 3 is 2.40 bits per heavy atom. The highest BCUT2D eigenvalue weighted by Gasteiger charge is 2.54. The molecule has 2 aromatic heterocycles. The van der Waals surface area contributed by atoms with Crippen LogP contribution >= 0.6 is 34.7 Å². The molecule has 70 heavy (non-hydrogen) atoms. The van der Waals surface area contributed by atoms with Crippen LogP contribution in [-0.2, 0) is 20.9 Å². The van der Waals surface area contributed by atoms with Crippen molar-refractivity contribution in [3.05, 3.63) is 76.0 Å². The highest BCUT2D eigenvalue weighted by atomic mass is 35.5. The molecule has 2 aromatic carbocycles. The van der Waals surface area contributed by atoms with Crippen molar-refractivity contribution in [2.24, 2.45) is 5.41 Å². The first-order valence-electron chi connectivity index (χ1n) is 24.1. The Morgan fingerprint density at radius 1 is 1.03 bits per heavy atom. The first-order valence-corrected chi connectivity index (χ1v) is 26.3. The lowest BCUT2D eigenvalue weighted by Gasteiger charge is -2.47. The normalized spacial score (nSPS) is 20.2. The number of amides is 4. The molecule has 3 saturated heterocycles. The summed E-state index contributed by atoms with van der Waals surface area (Å²) in [5, 5.41) is 23.0. The second kappa shape index (κ2) is 21.7. The molecular formula is C50H64ClFN10O6S2. The second-order valence-corrected chi connectivity index (χ2v) is 22.6. The number of thioether (sulfide) groups is 1. The van der Waals surface area contributed by atoms with E-state index in [0.717, 1.165) is 73.4 Å². The Kier molecular flexibility index (Phi) is 15.9. The SMILES string of the molecule is CNc1nc(Nc2ccc(C(=O)N3CCC4(CCN(CCCSC(C)(C)C(NC(=O)C5(F)CC5)C(=O)N5C[C@H](O)C[C@H]5C(=O)NCc5ccc(-c6scnc6C)cc5)CC4)CC3)cc2OC)ncc1Cl. The summed E-state index contributed by atoms with van der Waals surface area (Å²) in [6.07, 6.45) is 5.65. The van der Waals surface area contributed by atoms with Gasteiger partial charge < -0.3 is 45.8 Å². The smallest absolute Gasteiger partial charge is 0.258 e. The van der Waals surface area contributed by atoms with Crippen molar-refractivity contribution in [1.82, 2.24) is 40.3 Å². The number of hydrogen-bond donors (Lipinski definition) is 5. The number of aliphatic hydroxyl groups excluding tert-OH is 1. The number of likely N-dealkylation sites (tertiary alicyclic amines) is 3. The molecule has 5 N–H and O–H groups in total. The van der Waals surface area contributed by atoms with Gasteiger partial charge in [0.05, 0.1) is 41.2 Å². The maximum atomic E-state index is 15.1. The van der Waals surface area contributed by atoms with Gasteiger partial charge in [-0.05, 0) is 126 Å². The number of nitrogens with one attached hydrogen (secondary N) is 4. The average molecular weight is 1020 g/mol. The summed E-state index contributed by atoms with van der Waals surface area (Å²) in [4.78, 5) is 74.9. The fourth-order valence-corrected chi connectivity index (χ4v) is 11.9. The van der Waals surface area contributed by atoms with Gasteiger partial charge in [-0.15, -0.1) is 11.3 Å². The van der Waals surface area contributed by atoms with Gasteiger partial charge in [0, 0.05) is 50.0 Å². The number of alkyl halides is 1. The molecule has 5 heterocycles. The molecule has 4 fully saturated rings. The van der Waals surface area contributed by atoms with Crippen LogP contribution in [0.25, 0.3) is 10.4 Å². The molecule has 1 spiro atoms. The lowest BCUT2D eigenvalue weighted by molar-refractivity contribution is -0.143. The fraction of sp³-hybridized carbons (Fsp3) is 0.540. The van der Waals surface area contributed by atoms with E-state index in [9.17, 15) is 24.3 Å². The Hall–Kier alpha value is -5.08. The van der Waals surface area contributed by atoms with Gasteiger partial charge in [-0.1, -0.05) is 35.9 Å². The van der Waals surface area contributed by atoms with Gasteiger partial charge in [0.2, 0.25) is 17.8 Å². The molecule has 1 saturated carbocycles. The molecule has 3 atom stereocenters. The summed E-state index contributed by atoms with van der Waals surface area (Å²) < 4.78 is 19.9. The summed E-state index contributed by atoms with van der Waals surface area (Å²) in [5.74, 6) is 0.256. The van der Waals surface area contributed by atoms with E-state index in [2.05, 4.69) is 41.1 Å². The number of aryl methyl sites for hydroxylation is 1. The number of thiazole rings is 1. The lowest BCUT2D eigenvalue weighted by atomic mass is 9.71. The summed E-state index contributed by atoms with van der Waals surface area (Å²) >= 11 is 9.25. The summed E-state index contributed by atoms with van der Waals surface area (Å²) in [6.45, 7) is 10.0. The topological polar surface area (TPSA) is 194 Å². The minimum Gasteiger partial charge on any atom is -0.495 e. The predicted octanol–water partition coefficient (Wildman–Crippen LogP) is 6.84. The van der Waals surface area contributed by atoms with Crippen molar-refractivity contribution >= 4 is 75.8 Å². The van der Waals surface area contributed by atoms with Gasteiger partial charge in [0.25, 0.3) is 11.8 Å². The second-order valence-electron chi connectivity index (χ2n) is 19.6. The van der Waals surface area contributed by atoms with Crippen LogP contribution in [0.5, 0.6) is 5.75 Å². The van der Waals surface area contributed by atoms with Crippen LogP contribution in [0.15, 0.2) is 54.2 Å². The van der Waals surface area contributed by atoms with Gasteiger partial charge >= 0.3 is 0 Å². The Bertz CT molecular complexity index is 2530. The number of piperidine rings is 2. The van der Waals surface area contributed by atoms with Crippen LogP contribution in [0.2, 0.25) is 5.02 Å². The van der Waals surface area contributed by atoms with Crippen LogP contribution in [0.3, 0.4) is 0 Å². The molecule has 4 aliphatic rings. The minimum atomic E-state index is -2.00. The number of hydrogen-bond acceptors (Lipinski definition) is 14. The largest absolute Gasteiger partial charge is 0.495 e. The van der Waals surface area contributed by atoms with E-state index in [-0.39, 0.29) is 43.7 Å². The van der Waals surface area contributed by atoms with Crippen LogP contribution in [0.4, 0.5) is 21.8 Å². The zero-order valence-electron chi connectivity index (χ0n) is 40.5. The predicted molar refractivity (Wildman–Crippen MR) is 273 cm³/mol. The first-order chi connectivity index (χ1) is 33.5. The van der Waals surface area contributed by atoms with Crippen LogP contribution in [0, 0.1) is 12.3 Å². The molecule has 20 heteroatoms. The molecule has 4 amide bonds. The van der Waals surface area contributed by atoms with Gasteiger partial charge in [-0.2, -0.15) is 16.7 Å². The van der Waals surface area contributed by atoms with E-state index in [0.29, 0.717) is 52.6 Å². The third-order valence-corrected chi connectivity index (χ3v) is 17.1. The zero-order chi connectivity index (χ0) is 49.8. The van der Waals surface area contributed by atoms with Gasteiger partial charge in [-0.25, -0.2) is 14.4 Å². The van der Waals surface area contributed by atoms with Crippen molar-refractivity contribution in [2.45, 2.75) is 107 Å². The number of ether oxygens (including phenoxy) is 1. The number of carbonyl (C=O) groups is 4. The number of β-amino-alcohol motifs (C(OH)–C–C–N with tert-alkyl or cyclic N) is 1. The Morgan fingerprint density at radius 2 is 1.74 bits per heavy atom. The van der Waals surface area contributed by atoms with Crippen molar-refractivity contribution in [2.75, 3.05) is 69.8 Å². The van der Waals surface area contributed by atoms with Crippen molar-refractivity contribution < 1.29 is 33.4 Å². The van der Waals surface area contributed by atoms with Gasteiger partial charge in [0.1, 0.15) is 28.7 Å². The molecule has 8 rings (SSSR count). The van der Waals surface area contributed by atoms with Crippen LogP contribution in [0.1, 0.15) is 86.8 Å². The number of benzene rings is 2. The molecule has 0 bridgehead atoms. The third-order valence-electron chi connectivity index (χ3n) is 14.4. The molecule has 3 aliphatic heterocycles. The van der Waals surface area contributed by atoms with Crippen molar-refractivity contribution in [1.29, 1.82) is 0 Å². The monoisotopic (exact) mass is 1020 g/mol. The van der Waals surface area contributed by atoms with E-state index >= 15 is 4.39 Å². The van der Waals surface area contributed by atoms with E-state index < -0.39 is 46.3 Å². The zero-order valence-corrected chi connectivity index (χ0v) is 42.9. The van der Waals surface area contributed by atoms with E-state index in [1.165, 1.54) is 11.1 Å². The first kappa shape index (κ1) is 51.3. The third kappa shape index (κ3) is 11.8. The Balaban J connectivity index is 0.805. The lowest BCUT2D eigenvalue weighted by Crippen LogP contribution is -2.61. The number of carbonyl (C=O) groups excluding carboxylic acids is 4.